The quantitative estimate of drug-likeness (QED) is 0.514. The normalized spacial score (nSPS) is 50.2. The van der Waals surface area contributed by atoms with Gasteiger partial charge in [0.2, 0.25) is 0 Å². The number of tetrazole rings is 1. The lowest BCUT2D eigenvalue weighted by Crippen LogP contribution is -2.65. The standard InChI is InChI=1S/C27H46N4O3/c1-6-17-20-12-16(32)9-10-26(20,4)21-13-22(33)27(5)18(7-8-19(27)23(21)24(17)34)14(2)11-15(3)25-28-30-31-29-25/h14-24,32-34H,6-13H2,1-5H3,(H,28,29,30,31)/t14-,15+,16-,17-,18-,19?,20+,21?,22+,23?,24-,26+,27-/m1/s1. The van der Waals surface area contributed by atoms with Gasteiger partial charge in [-0.2, -0.15) is 0 Å². The van der Waals surface area contributed by atoms with E-state index >= 15 is 0 Å². The summed E-state index contributed by atoms with van der Waals surface area (Å²) in [4.78, 5) is 0. The molecule has 4 saturated carbocycles. The number of hydrogen-bond acceptors (Lipinski definition) is 6. The molecule has 1 heterocycles. The van der Waals surface area contributed by atoms with E-state index in [2.05, 4.69) is 55.2 Å². The van der Waals surface area contributed by atoms with E-state index in [0.29, 0.717) is 29.6 Å². The number of aliphatic hydroxyl groups is 3. The maximum absolute atomic E-state index is 11.9. The molecule has 34 heavy (non-hydrogen) atoms. The van der Waals surface area contributed by atoms with Crippen LogP contribution >= 0.6 is 0 Å². The summed E-state index contributed by atoms with van der Waals surface area (Å²) in [5.74, 6) is 3.49. The Morgan fingerprint density at radius 1 is 1.03 bits per heavy atom. The fourth-order valence-corrected chi connectivity index (χ4v) is 10.1. The monoisotopic (exact) mass is 474 g/mol. The molecule has 0 aromatic carbocycles. The maximum atomic E-state index is 11.9. The van der Waals surface area contributed by atoms with E-state index in [9.17, 15) is 15.3 Å². The van der Waals surface area contributed by atoms with E-state index in [1.807, 2.05) is 0 Å². The third kappa shape index (κ3) is 3.51. The smallest absolute Gasteiger partial charge is 0.151 e. The van der Waals surface area contributed by atoms with Gasteiger partial charge >= 0.3 is 0 Å². The van der Waals surface area contributed by atoms with Crippen molar-refractivity contribution in [3.8, 4) is 0 Å². The van der Waals surface area contributed by atoms with Crippen LogP contribution in [-0.4, -0.2) is 54.3 Å². The zero-order valence-corrected chi connectivity index (χ0v) is 21.7. The fraction of sp³-hybridized carbons (Fsp3) is 0.963. The number of hydrogen-bond donors (Lipinski definition) is 4. The van der Waals surface area contributed by atoms with Crippen LogP contribution in [0.3, 0.4) is 0 Å². The Bertz CT molecular complexity index is 851. The second-order valence-corrected chi connectivity index (χ2v) is 13.1. The van der Waals surface area contributed by atoms with E-state index in [0.717, 1.165) is 57.2 Å². The van der Waals surface area contributed by atoms with E-state index in [1.165, 1.54) is 0 Å². The minimum atomic E-state index is -0.342. The molecule has 1 aromatic rings. The molecule has 0 bridgehead atoms. The summed E-state index contributed by atoms with van der Waals surface area (Å²) in [5.41, 5.74) is -0.0692. The van der Waals surface area contributed by atoms with Gasteiger partial charge in [0.15, 0.2) is 5.82 Å². The van der Waals surface area contributed by atoms with Gasteiger partial charge < -0.3 is 15.3 Å². The highest BCUT2D eigenvalue weighted by atomic mass is 16.3. The van der Waals surface area contributed by atoms with Crippen molar-refractivity contribution in [1.29, 1.82) is 0 Å². The molecule has 0 amide bonds. The van der Waals surface area contributed by atoms with Crippen LogP contribution in [0.25, 0.3) is 0 Å². The number of aromatic amines is 1. The number of rotatable bonds is 5. The van der Waals surface area contributed by atoms with Gasteiger partial charge in [0, 0.05) is 5.92 Å². The van der Waals surface area contributed by atoms with Gasteiger partial charge in [0.25, 0.3) is 0 Å². The van der Waals surface area contributed by atoms with Crippen molar-refractivity contribution in [3.05, 3.63) is 5.82 Å². The Morgan fingerprint density at radius 2 is 1.79 bits per heavy atom. The predicted molar refractivity (Wildman–Crippen MR) is 130 cm³/mol. The molecule has 1 aromatic heterocycles. The second kappa shape index (κ2) is 8.81. The molecule has 0 saturated heterocycles. The molecule has 4 N–H and O–H groups in total. The zero-order valence-electron chi connectivity index (χ0n) is 21.7. The minimum absolute atomic E-state index is 0.101. The van der Waals surface area contributed by atoms with Crippen molar-refractivity contribution >= 4 is 0 Å². The average molecular weight is 475 g/mol. The maximum Gasteiger partial charge on any atom is 0.151 e. The molecule has 5 rings (SSSR count). The SMILES string of the molecule is CC[C@H]1[C@@H](O)C2C3CC[C@H]([C@H](C)C[C@H](C)c4nnn[nH]4)[C@@]3(C)[C@@H](O)CC2[C@@]2(C)CC[C@@H](O)C[C@@H]12. The molecule has 7 nitrogen and oxygen atoms in total. The summed E-state index contributed by atoms with van der Waals surface area (Å²) in [6.45, 7) is 11.5. The lowest BCUT2D eigenvalue weighted by Gasteiger charge is -2.65. The summed E-state index contributed by atoms with van der Waals surface area (Å²) in [5, 5.41) is 48.7. The van der Waals surface area contributed by atoms with Crippen LogP contribution in [0.2, 0.25) is 0 Å². The largest absolute Gasteiger partial charge is 0.393 e. The van der Waals surface area contributed by atoms with Crippen LogP contribution in [0.15, 0.2) is 0 Å². The molecule has 3 unspecified atom stereocenters. The van der Waals surface area contributed by atoms with E-state index < -0.39 is 0 Å². The average Bonchev–Trinajstić information content (AvgIpc) is 3.45. The van der Waals surface area contributed by atoms with Gasteiger partial charge in [-0.15, -0.1) is 5.10 Å². The minimum Gasteiger partial charge on any atom is -0.393 e. The zero-order chi connectivity index (χ0) is 24.4. The number of aliphatic hydroxyl groups excluding tert-OH is 3. The van der Waals surface area contributed by atoms with E-state index in [4.69, 9.17) is 0 Å². The topological polar surface area (TPSA) is 115 Å². The molecule has 13 atom stereocenters. The van der Waals surface area contributed by atoms with E-state index in [1.54, 1.807) is 0 Å². The molecule has 0 aliphatic heterocycles. The molecule has 4 aliphatic carbocycles. The van der Waals surface area contributed by atoms with Crippen LogP contribution in [0.1, 0.15) is 97.7 Å². The molecular weight excluding hydrogens is 428 g/mol. The Balaban J connectivity index is 1.43. The Hall–Kier alpha value is -1.05. The van der Waals surface area contributed by atoms with Gasteiger partial charge in [-0.3, -0.25) is 0 Å². The molecular formula is C27H46N4O3. The number of nitrogens with zero attached hydrogens (tertiary/aromatic N) is 3. The van der Waals surface area contributed by atoms with Crippen LogP contribution in [0.4, 0.5) is 0 Å². The van der Waals surface area contributed by atoms with Crippen molar-refractivity contribution in [3.63, 3.8) is 0 Å². The molecule has 192 valence electrons. The summed E-state index contributed by atoms with van der Waals surface area (Å²) in [6.07, 6.45) is 6.72. The van der Waals surface area contributed by atoms with Crippen molar-refractivity contribution < 1.29 is 15.3 Å². The van der Waals surface area contributed by atoms with Crippen molar-refractivity contribution in [1.82, 2.24) is 20.6 Å². The highest BCUT2D eigenvalue weighted by molar-refractivity contribution is 5.16. The second-order valence-electron chi connectivity index (χ2n) is 13.1. The van der Waals surface area contributed by atoms with Crippen molar-refractivity contribution in [2.75, 3.05) is 0 Å². The number of H-pyrrole nitrogens is 1. The number of fused-ring (bicyclic) bond motifs is 5. The van der Waals surface area contributed by atoms with Gasteiger partial charge in [0.1, 0.15) is 0 Å². The van der Waals surface area contributed by atoms with Gasteiger partial charge in [-0.1, -0.05) is 41.0 Å². The molecule has 0 spiro atoms. The van der Waals surface area contributed by atoms with Crippen LogP contribution in [-0.2, 0) is 0 Å². The van der Waals surface area contributed by atoms with Gasteiger partial charge in [0.05, 0.1) is 18.3 Å². The summed E-state index contributed by atoms with van der Waals surface area (Å²) in [6, 6.07) is 0. The van der Waals surface area contributed by atoms with Crippen LogP contribution in [0.5, 0.6) is 0 Å². The first-order chi connectivity index (χ1) is 16.1. The third-order valence-corrected chi connectivity index (χ3v) is 11.8. The first-order valence-corrected chi connectivity index (χ1v) is 13.9. The highest BCUT2D eigenvalue weighted by Crippen LogP contribution is 2.69. The molecule has 4 fully saturated rings. The van der Waals surface area contributed by atoms with Crippen LogP contribution < -0.4 is 0 Å². The highest BCUT2D eigenvalue weighted by Gasteiger charge is 2.67. The first kappa shape index (κ1) is 24.6. The molecule has 0 radical (unpaired) electrons. The Morgan fingerprint density at radius 3 is 2.47 bits per heavy atom. The Kier molecular flexibility index (Phi) is 6.38. The van der Waals surface area contributed by atoms with Crippen LogP contribution in [0, 0.1) is 52.3 Å². The third-order valence-electron chi connectivity index (χ3n) is 11.8. The number of nitrogens with one attached hydrogen (secondary N) is 1. The first-order valence-electron chi connectivity index (χ1n) is 13.9. The lowest BCUT2D eigenvalue weighted by atomic mass is 9.41. The van der Waals surface area contributed by atoms with E-state index in [-0.39, 0.29) is 46.9 Å². The number of aromatic nitrogens is 4. The lowest BCUT2D eigenvalue weighted by molar-refractivity contribution is -0.228. The van der Waals surface area contributed by atoms with Gasteiger partial charge in [-0.25, -0.2) is 5.10 Å². The van der Waals surface area contributed by atoms with Crippen molar-refractivity contribution in [2.45, 2.75) is 110 Å². The Labute approximate surface area is 204 Å². The summed E-state index contributed by atoms with van der Waals surface area (Å²) < 4.78 is 0. The molecule has 4 aliphatic rings. The summed E-state index contributed by atoms with van der Waals surface area (Å²) >= 11 is 0. The summed E-state index contributed by atoms with van der Waals surface area (Å²) in [7, 11) is 0. The predicted octanol–water partition coefficient (Wildman–Crippen LogP) is 3.93. The molecule has 7 heteroatoms. The van der Waals surface area contributed by atoms with Gasteiger partial charge in [-0.05, 0) is 108 Å². The fourth-order valence-electron chi connectivity index (χ4n) is 10.1. The van der Waals surface area contributed by atoms with Crippen molar-refractivity contribution in [2.24, 2.45) is 52.3 Å².